The number of sulfone groups is 1. The van der Waals surface area contributed by atoms with Crippen LogP contribution in [0.15, 0.2) is 0 Å². The second-order valence-electron chi connectivity index (χ2n) is 4.51. The summed E-state index contributed by atoms with van der Waals surface area (Å²) in [6.45, 7) is 1.95. The van der Waals surface area contributed by atoms with Crippen molar-refractivity contribution in [3.63, 3.8) is 0 Å². The van der Waals surface area contributed by atoms with Crippen LogP contribution in [0.3, 0.4) is 0 Å². The van der Waals surface area contributed by atoms with Gasteiger partial charge in [0.25, 0.3) is 0 Å². The molecule has 1 amide bonds. The highest BCUT2D eigenvalue weighted by molar-refractivity contribution is 7.92. The van der Waals surface area contributed by atoms with Gasteiger partial charge in [0.2, 0.25) is 5.91 Å². The number of nitrogens with two attached hydrogens (primary N) is 1. The lowest BCUT2D eigenvalue weighted by Crippen LogP contribution is -2.45. The molecule has 0 heterocycles. The van der Waals surface area contributed by atoms with Gasteiger partial charge in [-0.05, 0) is 32.2 Å². The first-order valence-corrected chi connectivity index (χ1v) is 7.51. The maximum atomic E-state index is 11.7. The molecule has 1 aliphatic rings. The van der Waals surface area contributed by atoms with Gasteiger partial charge in [-0.2, -0.15) is 0 Å². The van der Waals surface area contributed by atoms with E-state index in [1.807, 2.05) is 0 Å². The SMILES string of the molecule is CC(C(=O)NC1CCCC1CN)S(C)(=O)=O.Cl. The normalized spacial score (nSPS) is 26.1. The quantitative estimate of drug-likeness (QED) is 0.765. The van der Waals surface area contributed by atoms with Crippen molar-refractivity contribution in [1.82, 2.24) is 5.32 Å². The van der Waals surface area contributed by atoms with E-state index in [1.165, 1.54) is 6.92 Å². The average Bonchev–Trinajstić information content (AvgIpc) is 2.62. The number of rotatable bonds is 4. The molecular formula is C10H21ClN2O3S. The van der Waals surface area contributed by atoms with Crippen LogP contribution in [0.2, 0.25) is 0 Å². The molecule has 102 valence electrons. The molecule has 0 bridgehead atoms. The Morgan fingerprint density at radius 3 is 2.53 bits per heavy atom. The van der Waals surface area contributed by atoms with Crippen LogP contribution in [0.1, 0.15) is 26.2 Å². The lowest BCUT2D eigenvalue weighted by Gasteiger charge is -2.21. The largest absolute Gasteiger partial charge is 0.352 e. The van der Waals surface area contributed by atoms with Crippen molar-refractivity contribution in [3.05, 3.63) is 0 Å². The van der Waals surface area contributed by atoms with Crippen LogP contribution in [0, 0.1) is 5.92 Å². The lowest BCUT2D eigenvalue weighted by molar-refractivity contribution is -0.121. The molecule has 1 fully saturated rings. The summed E-state index contributed by atoms with van der Waals surface area (Å²) in [5, 5.41) is 1.81. The van der Waals surface area contributed by atoms with E-state index in [4.69, 9.17) is 5.73 Å². The van der Waals surface area contributed by atoms with Gasteiger partial charge in [0.1, 0.15) is 5.25 Å². The zero-order valence-corrected chi connectivity index (χ0v) is 11.8. The molecule has 0 radical (unpaired) electrons. The third-order valence-electron chi connectivity index (χ3n) is 3.30. The van der Waals surface area contributed by atoms with E-state index in [-0.39, 0.29) is 24.4 Å². The van der Waals surface area contributed by atoms with Crippen molar-refractivity contribution in [2.24, 2.45) is 11.7 Å². The summed E-state index contributed by atoms with van der Waals surface area (Å²) in [6.07, 6.45) is 4.02. The van der Waals surface area contributed by atoms with Gasteiger partial charge in [-0.25, -0.2) is 8.42 Å². The highest BCUT2D eigenvalue weighted by Crippen LogP contribution is 2.24. The number of halogens is 1. The van der Waals surface area contributed by atoms with Gasteiger partial charge in [-0.1, -0.05) is 6.42 Å². The third kappa shape index (κ3) is 4.44. The van der Waals surface area contributed by atoms with Crippen LogP contribution >= 0.6 is 12.4 Å². The van der Waals surface area contributed by atoms with Crippen LogP contribution in [0.5, 0.6) is 0 Å². The highest BCUT2D eigenvalue weighted by atomic mass is 35.5. The van der Waals surface area contributed by atoms with E-state index in [0.717, 1.165) is 25.5 Å². The molecule has 7 heteroatoms. The predicted molar refractivity (Wildman–Crippen MR) is 69.9 cm³/mol. The van der Waals surface area contributed by atoms with Gasteiger partial charge < -0.3 is 11.1 Å². The fourth-order valence-corrected chi connectivity index (χ4v) is 2.46. The molecule has 1 aliphatic carbocycles. The number of carbonyl (C=O) groups is 1. The Morgan fingerprint density at radius 2 is 2.06 bits per heavy atom. The molecule has 0 aromatic heterocycles. The van der Waals surface area contributed by atoms with E-state index in [2.05, 4.69) is 5.32 Å². The van der Waals surface area contributed by atoms with Gasteiger partial charge in [0, 0.05) is 12.3 Å². The summed E-state index contributed by atoms with van der Waals surface area (Å²) < 4.78 is 22.4. The number of nitrogens with one attached hydrogen (secondary N) is 1. The Morgan fingerprint density at radius 1 is 1.47 bits per heavy atom. The topological polar surface area (TPSA) is 89.3 Å². The molecular weight excluding hydrogens is 264 g/mol. The van der Waals surface area contributed by atoms with Crippen LogP contribution in [0.4, 0.5) is 0 Å². The Hall–Kier alpha value is -0.330. The summed E-state index contributed by atoms with van der Waals surface area (Å²) in [4.78, 5) is 11.7. The van der Waals surface area contributed by atoms with E-state index >= 15 is 0 Å². The second-order valence-corrected chi connectivity index (χ2v) is 6.88. The molecule has 3 unspecified atom stereocenters. The van der Waals surface area contributed by atoms with Gasteiger partial charge in [0.15, 0.2) is 9.84 Å². The van der Waals surface area contributed by atoms with E-state index < -0.39 is 21.0 Å². The molecule has 3 N–H and O–H groups in total. The molecule has 0 aromatic rings. The monoisotopic (exact) mass is 284 g/mol. The molecule has 0 spiro atoms. The summed E-state index contributed by atoms with van der Waals surface area (Å²) in [6, 6.07) is 0.0432. The van der Waals surface area contributed by atoms with Crippen molar-refractivity contribution < 1.29 is 13.2 Å². The van der Waals surface area contributed by atoms with Crippen molar-refractivity contribution in [1.29, 1.82) is 0 Å². The Labute approximate surface area is 109 Å². The van der Waals surface area contributed by atoms with Crippen molar-refractivity contribution in [3.8, 4) is 0 Å². The first-order chi connectivity index (χ1) is 7.36. The average molecular weight is 285 g/mol. The summed E-state index contributed by atoms with van der Waals surface area (Å²) >= 11 is 0. The highest BCUT2D eigenvalue weighted by Gasteiger charge is 2.31. The minimum absolute atomic E-state index is 0. The number of amides is 1. The van der Waals surface area contributed by atoms with Crippen LogP contribution in [-0.2, 0) is 14.6 Å². The molecule has 0 saturated heterocycles. The number of hydrogen-bond acceptors (Lipinski definition) is 4. The van der Waals surface area contributed by atoms with Gasteiger partial charge in [0.05, 0.1) is 0 Å². The number of hydrogen-bond donors (Lipinski definition) is 2. The molecule has 0 aromatic carbocycles. The Kier molecular flexibility index (Phi) is 6.43. The van der Waals surface area contributed by atoms with Gasteiger partial charge in [-0.3, -0.25) is 4.79 Å². The van der Waals surface area contributed by atoms with Crippen LogP contribution in [0.25, 0.3) is 0 Å². The molecule has 1 saturated carbocycles. The van der Waals surface area contributed by atoms with Crippen molar-refractivity contribution in [2.75, 3.05) is 12.8 Å². The first-order valence-electron chi connectivity index (χ1n) is 5.55. The van der Waals surface area contributed by atoms with E-state index in [0.29, 0.717) is 6.54 Å². The lowest BCUT2D eigenvalue weighted by atomic mass is 10.0. The smallest absolute Gasteiger partial charge is 0.238 e. The molecule has 1 rings (SSSR count). The maximum absolute atomic E-state index is 11.7. The summed E-state index contributed by atoms with van der Waals surface area (Å²) in [5.74, 6) is -0.122. The minimum Gasteiger partial charge on any atom is -0.352 e. The molecule has 17 heavy (non-hydrogen) atoms. The first kappa shape index (κ1) is 16.7. The molecule has 3 atom stereocenters. The standard InChI is InChI=1S/C10H20N2O3S.ClH/c1-7(16(2,14)15)10(13)12-9-5-3-4-8(9)6-11;/h7-9H,3-6,11H2,1-2H3,(H,12,13);1H. The van der Waals surface area contributed by atoms with Crippen LogP contribution in [-0.4, -0.2) is 38.4 Å². The van der Waals surface area contributed by atoms with E-state index in [9.17, 15) is 13.2 Å². The van der Waals surface area contributed by atoms with Crippen molar-refractivity contribution >= 4 is 28.2 Å². The third-order valence-corrected chi connectivity index (χ3v) is 4.80. The predicted octanol–water partition coefficient (Wildman–Crippen LogP) is 0.0849. The fraction of sp³-hybridized carbons (Fsp3) is 0.900. The zero-order valence-electron chi connectivity index (χ0n) is 10.2. The second kappa shape index (κ2) is 6.56. The minimum atomic E-state index is -3.31. The zero-order chi connectivity index (χ0) is 12.3. The van der Waals surface area contributed by atoms with E-state index in [1.54, 1.807) is 0 Å². The number of carbonyl (C=O) groups excluding carboxylic acids is 1. The summed E-state index contributed by atoms with van der Waals surface area (Å²) in [5.41, 5.74) is 5.59. The van der Waals surface area contributed by atoms with Crippen molar-refractivity contribution in [2.45, 2.75) is 37.5 Å². The van der Waals surface area contributed by atoms with Gasteiger partial charge in [-0.15, -0.1) is 12.4 Å². The molecule has 0 aliphatic heterocycles. The van der Waals surface area contributed by atoms with Gasteiger partial charge >= 0.3 is 0 Å². The maximum Gasteiger partial charge on any atom is 0.238 e. The Bertz CT molecular complexity index is 359. The summed E-state index contributed by atoms with van der Waals surface area (Å²) in [7, 11) is -3.31. The fourth-order valence-electron chi connectivity index (χ4n) is 2.00. The van der Waals surface area contributed by atoms with Crippen LogP contribution < -0.4 is 11.1 Å². The Balaban J connectivity index is 0.00000256. The molecule has 5 nitrogen and oxygen atoms in total.